The third-order valence-electron chi connectivity index (χ3n) is 5.53. The summed E-state index contributed by atoms with van der Waals surface area (Å²) in [5, 5.41) is 10.5. The number of carbonyl (C=O) groups is 1. The number of hydrogen-bond donors (Lipinski definition) is 1. The van der Waals surface area contributed by atoms with Crippen LogP contribution in [-0.4, -0.2) is 27.2 Å². The summed E-state index contributed by atoms with van der Waals surface area (Å²) < 4.78 is 8.34. The van der Waals surface area contributed by atoms with Crippen LogP contribution in [0.15, 0.2) is 67.1 Å². The van der Waals surface area contributed by atoms with Gasteiger partial charge in [-0.2, -0.15) is 0 Å². The Morgan fingerprint density at radius 2 is 1.75 bits per heavy atom. The number of pyridine rings is 1. The fourth-order valence-corrected chi connectivity index (χ4v) is 3.94. The molecular weight excluding hydrogens is 448 g/mol. The second kappa shape index (κ2) is 11.9. The van der Waals surface area contributed by atoms with Gasteiger partial charge in [-0.25, -0.2) is 4.79 Å². The molecule has 0 aliphatic rings. The van der Waals surface area contributed by atoms with Gasteiger partial charge in [-0.3, -0.25) is 4.98 Å². The number of fused-ring (bicyclic) bond motifs is 1. The van der Waals surface area contributed by atoms with Crippen LogP contribution in [0.5, 0.6) is 5.75 Å². The fraction of sp³-hybridized carbons (Fsp3) is 0.355. The minimum Gasteiger partial charge on any atom is -0.493 e. The van der Waals surface area contributed by atoms with Crippen molar-refractivity contribution >= 4 is 16.9 Å². The minimum absolute atomic E-state index is 0.186. The summed E-state index contributed by atoms with van der Waals surface area (Å²) in [4.78, 5) is 15.3. The lowest BCUT2D eigenvalue weighted by atomic mass is 10.0. The maximum Gasteiger partial charge on any atom is 0.337 e. The number of aromatic nitrogens is 2. The Morgan fingerprint density at radius 3 is 2.44 bits per heavy atom. The van der Waals surface area contributed by atoms with Crippen LogP contribution in [0.25, 0.3) is 22.0 Å². The Balaban J connectivity index is 0.000000658. The van der Waals surface area contributed by atoms with E-state index in [-0.39, 0.29) is 5.56 Å². The molecule has 0 saturated heterocycles. The maximum absolute atomic E-state index is 11.2. The van der Waals surface area contributed by atoms with Crippen LogP contribution in [-0.2, 0) is 19.9 Å². The SMILES string of the molecule is CC(C)(C)C.CCCc1c(OCCc2cccc(-c3cncc(C(=O)O)c3)c2)ccc2c1ccn2C. The summed E-state index contributed by atoms with van der Waals surface area (Å²) in [6.07, 6.45) is 7.95. The van der Waals surface area contributed by atoms with Crippen LogP contribution in [0.2, 0.25) is 0 Å². The predicted molar refractivity (Wildman–Crippen MR) is 148 cm³/mol. The first-order valence-electron chi connectivity index (χ1n) is 12.5. The van der Waals surface area contributed by atoms with E-state index < -0.39 is 5.97 Å². The average Bonchev–Trinajstić information content (AvgIpc) is 3.20. The van der Waals surface area contributed by atoms with Gasteiger partial charge in [0.05, 0.1) is 12.2 Å². The van der Waals surface area contributed by atoms with Crippen molar-refractivity contribution in [3.8, 4) is 16.9 Å². The van der Waals surface area contributed by atoms with Crippen molar-refractivity contribution in [2.45, 2.75) is 53.9 Å². The molecule has 5 nitrogen and oxygen atoms in total. The molecule has 4 aromatic rings. The van der Waals surface area contributed by atoms with Gasteiger partial charge in [0, 0.05) is 54.1 Å². The lowest BCUT2D eigenvalue weighted by Gasteiger charge is -2.13. The second-order valence-electron chi connectivity index (χ2n) is 10.7. The largest absolute Gasteiger partial charge is 0.493 e. The molecule has 2 heterocycles. The average molecular weight is 487 g/mol. The van der Waals surface area contributed by atoms with E-state index in [9.17, 15) is 9.90 Å². The lowest BCUT2D eigenvalue weighted by Crippen LogP contribution is -2.04. The maximum atomic E-state index is 11.2. The molecule has 36 heavy (non-hydrogen) atoms. The molecule has 0 saturated carbocycles. The molecule has 0 unspecified atom stereocenters. The van der Waals surface area contributed by atoms with Crippen LogP contribution in [0.1, 0.15) is 62.5 Å². The number of nitrogens with zero attached hydrogens (tertiary/aromatic N) is 2. The highest BCUT2D eigenvalue weighted by molar-refractivity contribution is 5.89. The van der Waals surface area contributed by atoms with Gasteiger partial charge in [-0.1, -0.05) is 65.3 Å². The molecule has 5 heteroatoms. The Morgan fingerprint density at radius 1 is 1.00 bits per heavy atom. The number of hydrogen-bond acceptors (Lipinski definition) is 3. The molecule has 0 bridgehead atoms. The van der Waals surface area contributed by atoms with Gasteiger partial charge in [0.1, 0.15) is 5.75 Å². The van der Waals surface area contributed by atoms with Crippen LogP contribution >= 0.6 is 0 Å². The highest BCUT2D eigenvalue weighted by Gasteiger charge is 2.11. The molecule has 0 aliphatic carbocycles. The minimum atomic E-state index is -0.975. The van der Waals surface area contributed by atoms with Crippen LogP contribution in [0.4, 0.5) is 0 Å². The highest BCUT2D eigenvalue weighted by atomic mass is 16.5. The van der Waals surface area contributed by atoms with E-state index in [1.165, 1.54) is 22.7 Å². The molecule has 190 valence electrons. The molecule has 0 atom stereocenters. The van der Waals surface area contributed by atoms with Crippen LogP contribution < -0.4 is 4.74 Å². The number of benzene rings is 2. The van der Waals surface area contributed by atoms with E-state index in [1.807, 2.05) is 12.1 Å². The van der Waals surface area contributed by atoms with E-state index in [0.29, 0.717) is 12.0 Å². The zero-order valence-corrected chi connectivity index (χ0v) is 22.3. The number of aromatic carboxylic acids is 1. The number of carboxylic acid groups (broad SMARTS) is 1. The number of ether oxygens (including phenoxy) is 1. The van der Waals surface area contributed by atoms with E-state index in [0.717, 1.165) is 41.7 Å². The third-order valence-corrected chi connectivity index (χ3v) is 5.53. The van der Waals surface area contributed by atoms with Crippen molar-refractivity contribution in [2.24, 2.45) is 12.5 Å². The zero-order chi connectivity index (χ0) is 26.3. The van der Waals surface area contributed by atoms with Crippen LogP contribution in [0, 0.1) is 5.41 Å². The number of carboxylic acids is 1. The molecule has 0 aliphatic heterocycles. The third kappa shape index (κ3) is 7.45. The summed E-state index contributed by atoms with van der Waals surface area (Å²) in [6, 6.07) is 16.1. The van der Waals surface area contributed by atoms with Gasteiger partial charge in [-0.15, -0.1) is 0 Å². The topological polar surface area (TPSA) is 64.3 Å². The van der Waals surface area contributed by atoms with E-state index in [1.54, 1.807) is 12.3 Å². The van der Waals surface area contributed by atoms with E-state index >= 15 is 0 Å². The van der Waals surface area contributed by atoms with E-state index in [2.05, 4.69) is 87.7 Å². The van der Waals surface area contributed by atoms with Gasteiger partial charge in [0.25, 0.3) is 0 Å². The molecule has 2 aromatic carbocycles. The summed E-state index contributed by atoms with van der Waals surface area (Å²) in [7, 11) is 2.06. The van der Waals surface area contributed by atoms with Gasteiger partial charge in [0.15, 0.2) is 0 Å². The van der Waals surface area contributed by atoms with Gasteiger partial charge in [0.2, 0.25) is 0 Å². The first kappa shape index (κ1) is 27.0. The molecule has 0 fully saturated rings. The van der Waals surface area contributed by atoms with Crippen molar-refractivity contribution in [2.75, 3.05) is 6.61 Å². The summed E-state index contributed by atoms with van der Waals surface area (Å²) in [5.41, 5.74) is 6.06. The second-order valence-corrected chi connectivity index (χ2v) is 10.7. The molecule has 0 spiro atoms. The zero-order valence-electron chi connectivity index (χ0n) is 22.3. The summed E-state index contributed by atoms with van der Waals surface area (Å²) in [6.45, 7) is 11.5. The van der Waals surface area contributed by atoms with Crippen molar-refractivity contribution in [1.29, 1.82) is 0 Å². The first-order valence-corrected chi connectivity index (χ1v) is 12.5. The van der Waals surface area contributed by atoms with Crippen LogP contribution in [0.3, 0.4) is 0 Å². The molecular formula is C31H38N2O3. The van der Waals surface area contributed by atoms with Gasteiger partial charge >= 0.3 is 5.97 Å². The number of rotatable bonds is 8. The highest BCUT2D eigenvalue weighted by Crippen LogP contribution is 2.30. The monoisotopic (exact) mass is 486 g/mol. The van der Waals surface area contributed by atoms with E-state index in [4.69, 9.17) is 4.74 Å². The van der Waals surface area contributed by atoms with Crippen molar-refractivity contribution < 1.29 is 14.6 Å². The smallest absolute Gasteiger partial charge is 0.337 e. The molecule has 0 radical (unpaired) electrons. The first-order chi connectivity index (χ1) is 17.1. The van der Waals surface area contributed by atoms with Crippen molar-refractivity contribution in [1.82, 2.24) is 9.55 Å². The lowest BCUT2D eigenvalue weighted by molar-refractivity contribution is 0.0696. The van der Waals surface area contributed by atoms with Crippen molar-refractivity contribution in [3.63, 3.8) is 0 Å². The summed E-state index contributed by atoms with van der Waals surface area (Å²) >= 11 is 0. The predicted octanol–water partition coefficient (Wildman–Crippen LogP) is 7.56. The Kier molecular flexibility index (Phi) is 8.92. The molecule has 4 rings (SSSR count). The normalized spacial score (nSPS) is 11.2. The van der Waals surface area contributed by atoms with Crippen molar-refractivity contribution in [3.05, 3.63) is 83.8 Å². The Hall–Kier alpha value is -3.60. The number of aryl methyl sites for hydroxylation is 2. The standard InChI is InChI=1S/C26H26N2O3.C5H12/c1-3-5-23-22-10-12-28(2)24(22)8-9-25(23)31-13-11-18-6-4-7-19(14-18)20-15-21(26(29)30)17-27-16-20;1-5(2,3)4/h4,6-10,12,14-17H,3,5,11,13H2,1-2H3,(H,29,30);1-4H3. The Labute approximate surface area is 214 Å². The van der Waals surface area contributed by atoms with Gasteiger partial charge < -0.3 is 14.4 Å². The molecule has 1 N–H and O–H groups in total. The summed E-state index contributed by atoms with van der Waals surface area (Å²) in [5.74, 6) is -0.0211. The quantitative estimate of drug-likeness (QED) is 0.279. The van der Waals surface area contributed by atoms with Gasteiger partial charge in [-0.05, 0) is 47.2 Å². The fourth-order valence-electron chi connectivity index (χ4n) is 3.94. The molecule has 2 aromatic heterocycles. The molecule has 0 amide bonds. The Bertz CT molecular complexity index is 1310.